The fourth-order valence-corrected chi connectivity index (χ4v) is 2.52. The van der Waals surface area contributed by atoms with E-state index >= 15 is 0 Å². The summed E-state index contributed by atoms with van der Waals surface area (Å²) in [6, 6.07) is 8.10. The van der Waals surface area contributed by atoms with Crippen LogP contribution < -0.4 is 0 Å². The maximum atomic E-state index is 10.4. The molecular formula is C14H18N2O. The second-order valence-corrected chi connectivity index (χ2v) is 5.38. The molecule has 1 fully saturated rings. The summed E-state index contributed by atoms with van der Waals surface area (Å²) in [4.78, 5) is 4.61. The summed E-state index contributed by atoms with van der Waals surface area (Å²) >= 11 is 0. The average molecular weight is 230 g/mol. The minimum Gasteiger partial charge on any atom is -0.389 e. The van der Waals surface area contributed by atoms with E-state index in [9.17, 15) is 5.11 Å². The van der Waals surface area contributed by atoms with Crippen molar-refractivity contribution in [3.05, 3.63) is 30.1 Å². The highest BCUT2D eigenvalue weighted by molar-refractivity contribution is 5.75. The lowest BCUT2D eigenvalue weighted by Gasteiger charge is -2.22. The molecule has 2 aromatic rings. The molecule has 1 heterocycles. The highest BCUT2D eigenvalue weighted by Crippen LogP contribution is 2.41. The van der Waals surface area contributed by atoms with Crippen molar-refractivity contribution < 1.29 is 5.11 Å². The van der Waals surface area contributed by atoms with Crippen LogP contribution in [0.15, 0.2) is 24.3 Å². The van der Waals surface area contributed by atoms with Gasteiger partial charge in [0.15, 0.2) is 0 Å². The van der Waals surface area contributed by atoms with Gasteiger partial charge in [-0.3, -0.25) is 0 Å². The van der Waals surface area contributed by atoms with Crippen LogP contribution in [0.3, 0.4) is 0 Å². The number of fused-ring (bicyclic) bond motifs is 1. The monoisotopic (exact) mass is 230 g/mol. The number of nitrogens with zero attached hydrogens (tertiary/aromatic N) is 2. The average Bonchev–Trinajstić information content (AvgIpc) is 3.08. The van der Waals surface area contributed by atoms with Crippen molar-refractivity contribution in [2.45, 2.75) is 31.8 Å². The van der Waals surface area contributed by atoms with Crippen molar-refractivity contribution in [2.75, 3.05) is 0 Å². The van der Waals surface area contributed by atoms with Gasteiger partial charge in [0, 0.05) is 13.5 Å². The minimum absolute atomic E-state index is 0.460. The van der Waals surface area contributed by atoms with Gasteiger partial charge in [0.05, 0.1) is 16.6 Å². The first-order chi connectivity index (χ1) is 8.08. The van der Waals surface area contributed by atoms with Gasteiger partial charge >= 0.3 is 0 Å². The van der Waals surface area contributed by atoms with Gasteiger partial charge < -0.3 is 9.67 Å². The SMILES string of the molecule is Cn1c(CC(C)(O)C2CC2)nc2ccccc21. The molecular weight excluding hydrogens is 212 g/mol. The van der Waals surface area contributed by atoms with E-state index in [1.807, 2.05) is 32.2 Å². The van der Waals surface area contributed by atoms with Gasteiger partial charge in [-0.1, -0.05) is 12.1 Å². The van der Waals surface area contributed by atoms with E-state index in [1.54, 1.807) is 0 Å². The summed E-state index contributed by atoms with van der Waals surface area (Å²) in [7, 11) is 2.02. The first-order valence-corrected chi connectivity index (χ1v) is 6.20. The van der Waals surface area contributed by atoms with E-state index in [0.29, 0.717) is 12.3 Å². The molecule has 0 bridgehead atoms. The summed E-state index contributed by atoms with van der Waals surface area (Å²) in [6.07, 6.45) is 2.94. The lowest BCUT2D eigenvalue weighted by molar-refractivity contribution is 0.0347. The zero-order valence-electron chi connectivity index (χ0n) is 10.3. The molecule has 0 spiro atoms. The Hall–Kier alpha value is -1.35. The molecule has 1 atom stereocenters. The minimum atomic E-state index is -0.602. The molecule has 0 amide bonds. The van der Waals surface area contributed by atoms with Crippen molar-refractivity contribution >= 4 is 11.0 Å². The summed E-state index contributed by atoms with van der Waals surface area (Å²) in [6.45, 7) is 1.93. The Morgan fingerprint density at radius 2 is 2.12 bits per heavy atom. The van der Waals surface area contributed by atoms with Gasteiger partial charge in [-0.25, -0.2) is 4.98 Å². The number of aliphatic hydroxyl groups is 1. The van der Waals surface area contributed by atoms with Gasteiger partial charge in [-0.2, -0.15) is 0 Å². The van der Waals surface area contributed by atoms with E-state index in [2.05, 4.69) is 15.6 Å². The van der Waals surface area contributed by atoms with E-state index in [-0.39, 0.29) is 0 Å². The van der Waals surface area contributed by atoms with Crippen LogP contribution in [0.2, 0.25) is 0 Å². The van der Waals surface area contributed by atoms with Crippen LogP contribution in [0.4, 0.5) is 0 Å². The van der Waals surface area contributed by atoms with Crippen molar-refractivity contribution in [2.24, 2.45) is 13.0 Å². The number of para-hydroxylation sites is 2. The van der Waals surface area contributed by atoms with E-state index in [1.165, 1.54) is 0 Å². The molecule has 3 rings (SSSR count). The normalized spacial score (nSPS) is 19.5. The Bertz CT molecular complexity index is 552. The van der Waals surface area contributed by atoms with Crippen molar-refractivity contribution in [3.8, 4) is 0 Å². The first kappa shape index (κ1) is 10.8. The van der Waals surface area contributed by atoms with Crippen LogP contribution in [0.25, 0.3) is 11.0 Å². The second kappa shape index (κ2) is 3.57. The quantitative estimate of drug-likeness (QED) is 0.878. The lowest BCUT2D eigenvalue weighted by Crippen LogP contribution is -2.31. The largest absolute Gasteiger partial charge is 0.389 e. The Morgan fingerprint density at radius 1 is 1.41 bits per heavy atom. The van der Waals surface area contributed by atoms with Crippen LogP contribution in [0.1, 0.15) is 25.6 Å². The number of hydrogen-bond acceptors (Lipinski definition) is 2. The molecule has 1 N–H and O–H groups in total. The molecule has 3 nitrogen and oxygen atoms in total. The highest BCUT2D eigenvalue weighted by atomic mass is 16.3. The Morgan fingerprint density at radius 3 is 2.76 bits per heavy atom. The van der Waals surface area contributed by atoms with Crippen molar-refractivity contribution in [1.29, 1.82) is 0 Å². The van der Waals surface area contributed by atoms with E-state index in [4.69, 9.17) is 0 Å². The molecule has 1 aliphatic rings. The first-order valence-electron chi connectivity index (χ1n) is 6.20. The highest BCUT2D eigenvalue weighted by Gasteiger charge is 2.40. The predicted molar refractivity (Wildman–Crippen MR) is 67.8 cm³/mol. The fourth-order valence-electron chi connectivity index (χ4n) is 2.52. The Balaban J connectivity index is 1.97. The maximum absolute atomic E-state index is 10.4. The Kier molecular flexibility index (Phi) is 2.26. The van der Waals surface area contributed by atoms with Gasteiger partial charge in [-0.15, -0.1) is 0 Å². The smallest absolute Gasteiger partial charge is 0.112 e. The molecule has 1 saturated carbocycles. The standard InChI is InChI=1S/C14H18N2O/c1-14(17,10-7-8-10)9-13-15-11-5-3-4-6-12(11)16(13)2/h3-6,10,17H,7-9H2,1-2H3. The van der Waals surface area contributed by atoms with Crippen LogP contribution in [-0.4, -0.2) is 20.3 Å². The summed E-state index contributed by atoms with van der Waals surface area (Å²) in [5, 5.41) is 10.4. The topological polar surface area (TPSA) is 38.0 Å². The van der Waals surface area contributed by atoms with Crippen LogP contribution in [0, 0.1) is 5.92 Å². The van der Waals surface area contributed by atoms with Crippen molar-refractivity contribution in [3.63, 3.8) is 0 Å². The summed E-state index contributed by atoms with van der Waals surface area (Å²) in [5.74, 6) is 1.44. The maximum Gasteiger partial charge on any atom is 0.112 e. The molecule has 90 valence electrons. The molecule has 0 saturated heterocycles. The number of benzene rings is 1. The summed E-state index contributed by atoms with van der Waals surface area (Å²) in [5.41, 5.74) is 1.54. The zero-order valence-corrected chi connectivity index (χ0v) is 10.3. The van der Waals surface area contributed by atoms with Gasteiger partial charge in [-0.05, 0) is 37.8 Å². The molecule has 1 unspecified atom stereocenters. The zero-order chi connectivity index (χ0) is 12.0. The third kappa shape index (κ3) is 1.84. The molecule has 0 radical (unpaired) electrons. The molecule has 1 aromatic heterocycles. The molecule has 17 heavy (non-hydrogen) atoms. The van der Waals surface area contributed by atoms with Gasteiger partial charge in [0.1, 0.15) is 5.82 Å². The molecule has 1 aliphatic carbocycles. The molecule has 1 aromatic carbocycles. The predicted octanol–water partition coefficient (Wildman–Crippen LogP) is 2.28. The summed E-state index contributed by atoms with van der Waals surface area (Å²) < 4.78 is 2.09. The third-order valence-electron chi connectivity index (χ3n) is 3.85. The van der Waals surface area contributed by atoms with E-state index < -0.39 is 5.60 Å². The van der Waals surface area contributed by atoms with E-state index in [0.717, 1.165) is 29.7 Å². The third-order valence-corrected chi connectivity index (χ3v) is 3.85. The Labute approximate surface area is 101 Å². The second-order valence-electron chi connectivity index (χ2n) is 5.38. The lowest BCUT2D eigenvalue weighted by atomic mass is 9.96. The number of aryl methyl sites for hydroxylation is 1. The van der Waals surface area contributed by atoms with Crippen LogP contribution in [-0.2, 0) is 13.5 Å². The van der Waals surface area contributed by atoms with Crippen molar-refractivity contribution in [1.82, 2.24) is 9.55 Å². The number of aromatic nitrogens is 2. The molecule has 3 heteroatoms. The number of imidazole rings is 1. The van der Waals surface area contributed by atoms with Gasteiger partial charge in [0.25, 0.3) is 0 Å². The number of rotatable bonds is 3. The van der Waals surface area contributed by atoms with Gasteiger partial charge in [0.2, 0.25) is 0 Å². The fraction of sp³-hybridized carbons (Fsp3) is 0.500. The number of hydrogen-bond donors (Lipinski definition) is 1. The van der Waals surface area contributed by atoms with Crippen LogP contribution in [0.5, 0.6) is 0 Å². The van der Waals surface area contributed by atoms with Crippen LogP contribution >= 0.6 is 0 Å². The molecule has 0 aliphatic heterocycles.